The molecule has 1 N–H and O–H groups in total. The minimum absolute atomic E-state index is 0.137. The third kappa shape index (κ3) is 2.74. The number of benzene rings is 1. The van der Waals surface area contributed by atoms with Crippen LogP contribution in [0.2, 0.25) is 0 Å². The quantitative estimate of drug-likeness (QED) is 0.942. The lowest BCUT2D eigenvalue weighted by atomic mass is 10.1. The van der Waals surface area contributed by atoms with E-state index in [0.29, 0.717) is 6.54 Å². The van der Waals surface area contributed by atoms with Gasteiger partial charge in [-0.3, -0.25) is 14.8 Å². The Bertz CT molecular complexity index is 667. The number of hydrogen-bond acceptors (Lipinski definition) is 3. The summed E-state index contributed by atoms with van der Waals surface area (Å²) >= 11 is 0. The number of piperazine rings is 1. The highest BCUT2D eigenvalue weighted by Gasteiger charge is 2.29. The average Bonchev–Trinajstić information content (AvgIpc) is 2.97. The zero-order chi connectivity index (χ0) is 15.7. The molecule has 1 aromatic carbocycles. The van der Waals surface area contributed by atoms with E-state index >= 15 is 0 Å². The first-order valence-corrected chi connectivity index (χ1v) is 7.33. The van der Waals surface area contributed by atoms with Crippen molar-refractivity contribution in [2.75, 3.05) is 20.1 Å². The Hall–Kier alpha value is -2.21. The van der Waals surface area contributed by atoms with E-state index < -0.39 is 0 Å². The molecule has 1 atom stereocenters. The number of amides is 1. The molecular weight excluding hydrogens is 283 g/mol. The van der Waals surface area contributed by atoms with E-state index in [0.717, 1.165) is 29.9 Å². The van der Waals surface area contributed by atoms with Crippen LogP contribution in [-0.2, 0) is 11.3 Å². The van der Waals surface area contributed by atoms with Gasteiger partial charge in [-0.05, 0) is 31.2 Å². The van der Waals surface area contributed by atoms with Gasteiger partial charge in [0.2, 0.25) is 5.91 Å². The van der Waals surface area contributed by atoms with Crippen molar-refractivity contribution in [2.24, 2.45) is 0 Å². The molecule has 1 aliphatic heterocycles. The molecular formula is C16H19FN4O. The van der Waals surface area contributed by atoms with Crippen LogP contribution in [0.5, 0.6) is 0 Å². The van der Waals surface area contributed by atoms with Crippen LogP contribution in [0.25, 0.3) is 11.3 Å². The Labute approximate surface area is 128 Å². The van der Waals surface area contributed by atoms with E-state index in [1.807, 2.05) is 14.0 Å². The lowest BCUT2D eigenvalue weighted by Crippen LogP contribution is -2.53. The first-order valence-electron chi connectivity index (χ1n) is 7.33. The van der Waals surface area contributed by atoms with Crippen molar-refractivity contribution in [2.45, 2.75) is 19.5 Å². The number of rotatable bonds is 3. The number of aromatic nitrogens is 2. The minimum Gasteiger partial charge on any atom is -0.343 e. The molecule has 5 nitrogen and oxygen atoms in total. The Morgan fingerprint density at radius 2 is 2.05 bits per heavy atom. The number of H-pyrrole nitrogens is 1. The smallest absolute Gasteiger partial charge is 0.239 e. The van der Waals surface area contributed by atoms with E-state index in [1.54, 1.807) is 23.2 Å². The van der Waals surface area contributed by atoms with E-state index in [2.05, 4.69) is 15.1 Å². The van der Waals surface area contributed by atoms with Gasteiger partial charge in [0, 0.05) is 37.8 Å². The normalized spacial score (nSPS) is 19.7. The average molecular weight is 302 g/mol. The zero-order valence-electron chi connectivity index (χ0n) is 12.7. The second-order valence-electron chi connectivity index (χ2n) is 5.68. The largest absolute Gasteiger partial charge is 0.343 e. The van der Waals surface area contributed by atoms with Crippen LogP contribution >= 0.6 is 0 Å². The summed E-state index contributed by atoms with van der Waals surface area (Å²) in [7, 11) is 1.83. The van der Waals surface area contributed by atoms with Gasteiger partial charge in [-0.25, -0.2) is 4.39 Å². The molecule has 0 aliphatic carbocycles. The maximum Gasteiger partial charge on any atom is 0.239 e. The topological polar surface area (TPSA) is 52.2 Å². The number of nitrogens with one attached hydrogen (secondary N) is 1. The molecule has 0 spiro atoms. The van der Waals surface area contributed by atoms with Crippen LogP contribution in [0.1, 0.15) is 12.5 Å². The Morgan fingerprint density at radius 1 is 1.32 bits per heavy atom. The van der Waals surface area contributed by atoms with Gasteiger partial charge in [-0.1, -0.05) is 0 Å². The minimum atomic E-state index is -0.261. The molecule has 0 bridgehead atoms. The molecule has 1 aliphatic rings. The van der Waals surface area contributed by atoms with Crippen LogP contribution in [0.4, 0.5) is 4.39 Å². The van der Waals surface area contributed by atoms with Crippen LogP contribution in [0, 0.1) is 5.82 Å². The molecule has 2 aromatic rings. The molecule has 0 radical (unpaired) electrons. The number of halogens is 1. The standard InChI is InChI=1S/C16H19FN4O/c1-11-16(22)20(2)7-8-21(11)10-13-9-18-19-15(13)12-3-5-14(17)6-4-12/h3-6,9,11H,7-8,10H2,1-2H3,(H,18,19)/t11-/m0/s1. The van der Waals surface area contributed by atoms with Crippen LogP contribution in [-0.4, -0.2) is 52.1 Å². The molecule has 0 saturated carbocycles. The Morgan fingerprint density at radius 3 is 2.77 bits per heavy atom. The van der Waals surface area contributed by atoms with Crippen molar-refractivity contribution in [1.82, 2.24) is 20.0 Å². The lowest BCUT2D eigenvalue weighted by Gasteiger charge is -2.37. The molecule has 0 unspecified atom stereocenters. The summed E-state index contributed by atoms with van der Waals surface area (Å²) < 4.78 is 13.1. The van der Waals surface area contributed by atoms with Gasteiger partial charge < -0.3 is 4.90 Å². The zero-order valence-corrected chi connectivity index (χ0v) is 12.7. The van der Waals surface area contributed by atoms with Crippen LogP contribution in [0.15, 0.2) is 30.5 Å². The molecule has 1 aromatic heterocycles. The summed E-state index contributed by atoms with van der Waals surface area (Å²) in [5, 5.41) is 7.08. The van der Waals surface area contributed by atoms with Crippen molar-refractivity contribution in [3.63, 3.8) is 0 Å². The van der Waals surface area contributed by atoms with Gasteiger partial charge in [-0.2, -0.15) is 5.10 Å². The molecule has 2 heterocycles. The molecule has 3 rings (SSSR count). The summed E-state index contributed by atoms with van der Waals surface area (Å²) in [4.78, 5) is 16.0. The molecule has 22 heavy (non-hydrogen) atoms. The second-order valence-corrected chi connectivity index (χ2v) is 5.68. The third-order valence-corrected chi connectivity index (χ3v) is 4.23. The summed E-state index contributed by atoms with van der Waals surface area (Å²) in [6.07, 6.45) is 1.77. The van der Waals surface area contributed by atoms with Crippen molar-refractivity contribution in [1.29, 1.82) is 0 Å². The fourth-order valence-corrected chi connectivity index (χ4v) is 2.79. The maximum absolute atomic E-state index is 13.1. The highest BCUT2D eigenvalue weighted by atomic mass is 19.1. The third-order valence-electron chi connectivity index (χ3n) is 4.23. The molecule has 1 fully saturated rings. The summed E-state index contributed by atoms with van der Waals surface area (Å²) in [5.41, 5.74) is 2.77. The molecule has 116 valence electrons. The monoisotopic (exact) mass is 302 g/mol. The van der Waals surface area contributed by atoms with E-state index in [4.69, 9.17) is 0 Å². The van der Waals surface area contributed by atoms with E-state index in [-0.39, 0.29) is 17.8 Å². The van der Waals surface area contributed by atoms with E-state index in [1.165, 1.54) is 12.1 Å². The van der Waals surface area contributed by atoms with Crippen molar-refractivity contribution >= 4 is 5.91 Å². The van der Waals surface area contributed by atoms with Gasteiger partial charge in [0.25, 0.3) is 0 Å². The summed E-state index contributed by atoms with van der Waals surface area (Å²) in [5.74, 6) is -0.124. The van der Waals surface area contributed by atoms with E-state index in [9.17, 15) is 9.18 Å². The number of nitrogens with zero attached hydrogens (tertiary/aromatic N) is 3. The molecule has 1 amide bonds. The molecule has 6 heteroatoms. The van der Waals surface area contributed by atoms with Gasteiger partial charge in [-0.15, -0.1) is 0 Å². The van der Waals surface area contributed by atoms with Gasteiger partial charge in [0.05, 0.1) is 17.9 Å². The number of carbonyl (C=O) groups is 1. The fraction of sp³-hybridized carbons (Fsp3) is 0.375. The fourth-order valence-electron chi connectivity index (χ4n) is 2.79. The summed E-state index contributed by atoms with van der Waals surface area (Å²) in [6.45, 7) is 4.13. The number of likely N-dealkylation sites (N-methyl/N-ethyl adjacent to an activating group) is 1. The number of carbonyl (C=O) groups excluding carboxylic acids is 1. The Balaban J connectivity index is 1.81. The first kappa shape index (κ1) is 14.7. The van der Waals surface area contributed by atoms with Gasteiger partial charge in [0.15, 0.2) is 0 Å². The van der Waals surface area contributed by atoms with Crippen LogP contribution < -0.4 is 0 Å². The predicted molar refractivity (Wildman–Crippen MR) is 81.5 cm³/mol. The first-order chi connectivity index (χ1) is 10.6. The second kappa shape index (κ2) is 5.88. The maximum atomic E-state index is 13.1. The predicted octanol–water partition coefficient (Wildman–Crippen LogP) is 1.88. The lowest BCUT2D eigenvalue weighted by molar-refractivity contribution is -0.139. The highest BCUT2D eigenvalue weighted by molar-refractivity contribution is 5.82. The van der Waals surface area contributed by atoms with Crippen LogP contribution in [0.3, 0.4) is 0 Å². The van der Waals surface area contributed by atoms with Crippen molar-refractivity contribution < 1.29 is 9.18 Å². The number of aromatic amines is 1. The van der Waals surface area contributed by atoms with Crippen molar-refractivity contribution in [3.8, 4) is 11.3 Å². The van der Waals surface area contributed by atoms with Gasteiger partial charge in [0.1, 0.15) is 5.82 Å². The van der Waals surface area contributed by atoms with Crippen molar-refractivity contribution in [3.05, 3.63) is 41.8 Å². The summed E-state index contributed by atoms with van der Waals surface area (Å²) in [6, 6.07) is 6.18. The molecule has 1 saturated heterocycles. The highest BCUT2D eigenvalue weighted by Crippen LogP contribution is 2.24. The number of hydrogen-bond donors (Lipinski definition) is 1. The SMILES string of the molecule is C[C@H]1C(=O)N(C)CCN1Cc1cn[nH]c1-c1ccc(F)cc1. The van der Waals surface area contributed by atoms with Gasteiger partial charge >= 0.3 is 0 Å². The Kier molecular flexibility index (Phi) is 3.94.